The maximum atomic E-state index is 11.5. The number of hydrogen-bond donors (Lipinski definition) is 0. The molecule has 0 unspecified atom stereocenters. The van der Waals surface area contributed by atoms with E-state index >= 15 is 0 Å². The van der Waals surface area contributed by atoms with Gasteiger partial charge in [-0.15, -0.1) is 0 Å². The van der Waals surface area contributed by atoms with Crippen LogP contribution < -0.4 is 0 Å². The van der Waals surface area contributed by atoms with Gasteiger partial charge in [0.25, 0.3) is 0 Å². The Hall–Kier alpha value is -0.420. The van der Waals surface area contributed by atoms with Crippen molar-refractivity contribution in [2.24, 2.45) is 0 Å². The van der Waals surface area contributed by atoms with Crippen molar-refractivity contribution in [3.8, 4) is 0 Å². The van der Waals surface area contributed by atoms with Crippen LogP contribution in [0.2, 0.25) is 0 Å². The van der Waals surface area contributed by atoms with E-state index in [1.165, 1.54) is 6.26 Å². The first-order valence-electron chi connectivity index (χ1n) is 4.34. The van der Waals surface area contributed by atoms with E-state index in [0.29, 0.717) is 15.3 Å². The second-order valence-electron chi connectivity index (χ2n) is 3.58. The molecule has 0 bridgehead atoms. The zero-order valence-electron chi connectivity index (χ0n) is 7.70. The molecular weight excluding hydrogens is 266 g/mol. The highest BCUT2D eigenvalue weighted by molar-refractivity contribution is 9.10. The maximum absolute atomic E-state index is 11.5. The molecule has 5 heteroatoms. The van der Waals surface area contributed by atoms with Gasteiger partial charge in [0.15, 0.2) is 9.84 Å². The van der Waals surface area contributed by atoms with Gasteiger partial charge in [0.2, 0.25) is 0 Å². The van der Waals surface area contributed by atoms with E-state index in [1.807, 2.05) is 0 Å². The molecule has 1 aromatic rings. The van der Waals surface area contributed by atoms with Crippen LogP contribution in [0.5, 0.6) is 0 Å². The van der Waals surface area contributed by atoms with Crippen molar-refractivity contribution < 1.29 is 8.42 Å². The van der Waals surface area contributed by atoms with Gasteiger partial charge >= 0.3 is 0 Å². The average Bonchev–Trinajstić information content (AvgIpc) is 2.85. The lowest BCUT2D eigenvalue weighted by Crippen LogP contribution is -2.03. The van der Waals surface area contributed by atoms with E-state index in [-0.39, 0.29) is 0 Å². The fourth-order valence-electron chi connectivity index (χ4n) is 1.39. The van der Waals surface area contributed by atoms with Gasteiger partial charge in [-0.25, -0.2) is 8.42 Å². The summed E-state index contributed by atoms with van der Waals surface area (Å²) in [6.45, 7) is 0. The number of sulfone groups is 1. The zero-order chi connectivity index (χ0) is 10.3. The summed E-state index contributed by atoms with van der Waals surface area (Å²) >= 11 is 3.23. The summed E-state index contributed by atoms with van der Waals surface area (Å²) in [7, 11) is -3.15. The van der Waals surface area contributed by atoms with E-state index in [9.17, 15) is 8.42 Å². The minimum Gasteiger partial charge on any atom is -0.258 e. The molecule has 0 aromatic carbocycles. The van der Waals surface area contributed by atoms with Crippen molar-refractivity contribution in [1.82, 2.24) is 4.98 Å². The van der Waals surface area contributed by atoms with E-state index < -0.39 is 9.84 Å². The highest BCUT2D eigenvalue weighted by Crippen LogP contribution is 2.42. The Balaban J connectivity index is 2.59. The SMILES string of the molecule is CS(=O)(=O)c1cc(Br)cnc1C1CC1. The highest BCUT2D eigenvalue weighted by Gasteiger charge is 2.30. The van der Waals surface area contributed by atoms with Gasteiger partial charge in [-0.05, 0) is 34.8 Å². The lowest BCUT2D eigenvalue weighted by molar-refractivity contribution is 0.599. The molecule has 0 amide bonds. The predicted octanol–water partition coefficient (Wildman–Crippen LogP) is 2.12. The first kappa shape index (κ1) is 10.1. The Bertz CT molecular complexity index is 466. The molecule has 0 spiro atoms. The van der Waals surface area contributed by atoms with Crippen molar-refractivity contribution in [2.75, 3.05) is 6.26 Å². The van der Waals surface area contributed by atoms with Crippen LogP contribution in [0.4, 0.5) is 0 Å². The number of pyridine rings is 1. The molecule has 1 aromatic heterocycles. The largest absolute Gasteiger partial charge is 0.258 e. The third kappa shape index (κ3) is 1.98. The number of nitrogens with zero attached hydrogens (tertiary/aromatic N) is 1. The van der Waals surface area contributed by atoms with Gasteiger partial charge in [-0.2, -0.15) is 0 Å². The summed E-state index contributed by atoms with van der Waals surface area (Å²) in [5, 5.41) is 0. The fourth-order valence-corrected chi connectivity index (χ4v) is 2.81. The predicted molar refractivity (Wildman–Crippen MR) is 57.0 cm³/mol. The molecule has 0 N–H and O–H groups in total. The van der Waals surface area contributed by atoms with Crippen LogP contribution in [0.3, 0.4) is 0 Å². The highest BCUT2D eigenvalue weighted by atomic mass is 79.9. The molecule has 0 aliphatic heterocycles. The number of rotatable bonds is 2. The van der Waals surface area contributed by atoms with Crippen LogP contribution in [0.15, 0.2) is 21.6 Å². The number of hydrogen-bond acceptors (Lipinski definition) is 3. The van der Waals surface area contributed by atoms with Gasteiger partial charge in [-0.3, -0.25) is 4.98 Å². The molecule has 0 saturated heterocycles. The molecule has 2 rings (SSSR count). The summed E-state index contributed by atoms with van der Waals surface area (Å²) in [5.74, 6) is 0.354. The van der Waals surface area contributed by atoms with E-state index in [0.717, 1.165) is 18.5 Å². The normalized spacial score (nSPS) is 17.0. The number of aromatic nitrogens is 1. The Morgan fingerprint density at radius 2 is 2.14 bits per heavy atom. The summed E-state index contributed by atoms with van der Waals surface area (Å²) < 4.78 is 23.7. The molecular formula is C9H10BrNO2S. The van der Waals surface area contributed by atoms with Crippen molar-refractivity contribution >= 4 is 25.8 Å². The van der Waals surface area contributed by atoms with E-state index in [1.54, 1.807) is 12.3 Å². The fraction of sp³-hybridized carbons (Fsp3) is 0.444. The van der Waals surface area contributed by atoms with Gasteiger partial charge in [0.05, 0.1) is 10.6 Å². The second kappa shape index (κ2) is 3.31. The smallest absolute Gasteiger partial charge is 0.177 e. The molecule has 3 nitrogen and oxygen atoms in total. The minimum absolute atomic E-state index is 0.354. The standard InChI is InChI=1S/C9H10BrNO2S/c1-14(12,13)8-4-7(10)5-11-9(8)6-2-3-6/h4-6H,2-3H2,1H3. The summed E-state index contributed by atoms with van der Waals surface area (Å²) in [6.07, 6.45) is 4.99. The van der Waals surface area contributed by atoms with Crippen LogP contribution in [-0.2, 0) is 9.84 Å². The lowest BCUT2D eigenvalue weighted by Gasteiger charge is -2.05. The molecule has 1 fully saturated rings. The maximum Gasteiger partial charge on any atom is 0.177 e. The van der Waals surface area contributed by atoms with Crippen molar-refractivity contribution in [1.29, 1.82) is 0 Å². The van der Waals surface area contributed by atoms with Gasteiger partial charge in [0.1, 0.15) is 0 Å². The summed E-state index contributed by atoms with van der Waals surface area (Å²) in [5.41, 5.74) is 0.732. The molecule has 1 aliphatic rings. The van der Waals surface area contributed by atoms with Crippen molar-refractivity contribution in [2.45, 2.75) is 23.7 Å². The third-order valence-electron chi connectivity index (χ3n) is 2.21. The first-order valence-corrected chi connectivity index (χ1v) is 7.02. The molecule has 76 valence electrons. The monoisotopic (exact) mass is 275 g/mol. The molecule has 1 heterocycles. The minimum atomic E-state index is -3.15. The van der Waals surface area contributed by atoms with Gasteiger partial charge in [0, 0.05) is 22.8 Å². The lowest BCUT2D eigenvalue weighted by atomic mass is 10.2. The van der Waals surface area contributed by atoms with Gasteiger partial charge < -0.3 is 0 Å². The Morgan fingerprint density at radius 1 is 1.50 bits per heavy atom. The summed E-state index contributed by atoms with van der Waals surface area (Å²) in [6, 6.07) is 1.63. The van der Waals surface area contributed by atoms with E-state index in [2.05, 4.69) is 20.9 Å². The molecule has 14 heavy (non-hydrogen) atoms. The van der Waals surface area contributed by atoms with Crippen LogP contribution >= 0.6 is 15.9 Å². The van der Waals surface area contributed by atoms with Crippen LogP contribution in [-0.4, -0.2) is 19.7 Å². The zero-order valence-corrected chi connectivity index (χ0v) is 10.1. The van der Waals surface area contributed by atoms with Crippen molar-refractivity contribution in [3.63, 3.8) is 0 Å². The molecule has 0 atom stereocenters. The quantitative estimate of drug-likeness (QED) is 0.831. The first-order chi connectivity index (χ1) is 6.48. The Labute approximate surface area is 91.6 Å². The molecule has 1 aliphatic carbocycles. The van der Waals surface area contributed by atoms with Crippen LogP contribution in [0.1, 0.15) is 24.5 Å². The molecule has 0 radical (unpaired) electrons. The number of halogens is 1. The van der Waals surface area contributed by atoms with Crippen LogP contribution in [0.25, 0.3) is 0 Å². The Kier molecular flexibility index (Phi) is 2.39. The third-order valence-corrected chi connectivity index (χ3v) is 3.77. The van der Waals surface area contributed by atoms with E-state index in [4.69, 9.17) is 0 Å². The van der Waals surface area contributed by atoms with Gasteiger partial charge in [-0.1, -0.05) is 0 Å². The van der Waals surface area contributed by atoms with Crippen molar-refractivity contribution in [3.05, 3.63) is 22.4 Å². The average molecular weight is 276 g/mol. The van der Waals surface area contributed by atoms with Crippen LogP contribution in [0, 0.1) is 0 Å². The molecule has 1 saturated carbocycles. The summed E-state index contributed by atoms with van der Waals surface area (Å²) in [4.78, 5) is 4.55. The second-order valence-corrected chi connectivity index (χ2v) is 6.48. The topological polar surface area (TPSA) is 47.0 Å². The Morgan fingerprint density at radius 3 is 2.64 bits per heavy atom.